The molecule has 0 bridgehead atoms. The summed E-state index contributed by atoms with van der Waals surface area (Å²) in [6, 6.07) is 4.78. The molecule has 0 aliphatic carbocycles. The number of likely N-dealkylation sites (N-methyl/N-ethyl adjacent to an activating group) is 1. The van der Waals surface area contributed by atoms with E-state index >= 15 is 0 Å². The van der Waals surface area contributed by atoms with Crippen LogP contribution in [0.2, 0.25) is 0 Å². The van der Waals surface area contributed by atoms with Gasteiger partial charge in [-0.3, -0.25) is 10.1 Å². The lowest BCUT2D eigenvalue weighted by atomic mass is 10.0. The molecule has 1 aromatic carbocycles. The summed E-state index contributed by atoms with van der Waals surface area (Å²) in [6.07, 6.45) is 1.51. The van der Waals surface area contributed by atoms with E-state index in [1.165, 1.54) is 18.3 Å². The number of nitrogens with zero attached hydrogens (tertiary/aromatic N) is 5. The van der Waals surface area contributed by atoms with Crippen LogP contribution in [-0.2, 0) is 0 Å². The minimum atomic E-state index is -0.425. The van der Waals surface area contributed by atoms with Gasteiger partial charge in [-0.1, -0.05) is 0 Å². The number of hydrogen-bond acceptors (Lipinski definition) is 8. The Morgan fingerprint density at radius 2 is 1.88 bits per heavy atom. The van der Waals surface area contributed by atoms with Gasteiger partial charge in [0.15, 0.2) is 0 Å². The number of nitro benzene ring substituents is 1. The molecule has 1 aliphatic rings. The fourth-order valence-corrected chi connectivity index (χ4v) is 2.79. The predicted octanol–water partition coefficient (Wildman–Crippen LogP) is 0.968. The number of non-ortho nitro benzene ring substituents is 1. The molecule has 3 rings (SSSR count). The van der Waals surface area contributed by atoms with Crippen molar-refractivity contribution >= 4 is 23.1 Å². The highest BCUT2D eigenvalue weighted by Gasteiger charge is 2.21. The van der Waals surface area contributed by atoms with Crippen molar-refractivity contribution in [1.82, 2.24) is 14.9 Å². The molecule has 9 nitrogen and oxygen atoms in total. The van der Waals surface area contributed by atoms with E-state index in [-0.39, 0.29) is 17.5 Å². The minimum Gasteiger partial charge on any atom is -0.383 e. The van der Waals surface area contributed by atoms with Crippen molar-refractivity contribution in [1.29, 1.82) is 0 Å². The number of nitro groups is 1. The van der Waals surface area contributed by atoms with Gasteiger partial charge in [0.1, 0.15) is 5.82 Å². The summed E-state index contributed by atoms with van der Waals surface area (Å²) in [4.78, 5) is 23.1. The Morgan fingerprint density at radius 3 is 2.50 bits per heavy atom. The summed E-state index contributed by atoms with van der Waals surface area (Å²) in [6.45, 7) is 3.50. The van der Waals surface area contributed by atoms with Gasteiger partial charge in [0, 0.05) is 61.3 Å². The molecule has 0 spiro atoms. The van der Waals surface area contributed by atoms with Crippen LogP contribution >= 0.6 is 0 Å². The number of anilines is 3. The number of hydrogen-bond donors (Lipinski definition) is 2. The topological polar surface area (TPSA) is 127 Å². The maximum atomic E-state index is 11.2. The van der Waals surface area contributed by atoms with Crippen molar-refractivity contribution in [3.8, 4) is 11.1 Å². The second-order valence-corrected chi connectivity index (χ2v) is 5.78. The van der Waals surface area contributed by atoms with Gasteiger partial charge in [-0.2, -0.15) is 4.98 Å². The van der Waals surface area contributed by atoms with Gasteiger partial charge >= 0.3 is 0 Å². The van der Waals surface area contributed by atoms with Gasteiger partial charge in [-0.05, 0) is 13.1 Å². The number of piperazine rings is 1. The van der Waals surface area contributed by atoms with Crippen molar-refractivity contribution in [3.63, 3.8) is 0 Å². The molecule has 0 atom stereocenters. The standard InChI is InChI=1S/C15H19N7O2/c1-20-4-6-21(7-5-20)13-3-2-10(22(23)24)8-11(13)12-9-18-15(17)19-14(12)16/h2-3,8-9H,4-7H2,1H3,(H4,16,17,18,19). The van der Waals surface area contributed by atoms with Crippen LogP contribution in [0.15, 0.2) is 24.4 Å². The highest BCUT2D eigenvalue weighted by Crippen LogP contribution is 2.36. The fourth-order valence-electron chi connectivity index (χ4n) is 2.79. The summed E-state index contributed by atoms with van der Waals surface area (Å²) in [5.74, 6) is 0.279. The van der Waals surface area contributed by atoms with Gasteiger partial charge < -0.3 is 21.3 Å². The van der Waals surface area contributed by atoms with Crippen molar-refractivity contribution in [2.24, 2.45) is 0 Å². The third-order valence-electron chi connectivity index (χ3n) is 4.16. The van der Waals surface area contributed by atoms with Crippen molar-refractivity contribution in [2.45, 2.75) is 0 Å². The van der Waals surface area contributed by atoms with Gasteiger partial charge in [0.2, 0.25) is 5.95 Å². The molecule has 2 aromatic rings. The van der Waals surface area contributed by atoms with E-state index in [2.05, 4.69) is 26.8 Å². The van der Waals surface area contributed by atoms with Crippen molar-refractivity contribution in [2.75, 3.05) is 49.6 Å². The predicted molar refractivity (Wildman–Crippen MR) is 92.7 cm³/mol. The average molecular weight is 329 g/mol. The van der Waals surface area contributed by atoms with Crippen LogP contribution < -0.4 is 16.4 Å². The van der Waals surface area contributed by atoms with Gasteiger partial charge in [-0.15, -0.1) is 0 Å². The third-order valence-corrected chi connectivity index (χ3v) is 4.16. The largest absolute Gasteiger partial charge is 0.383 e. The zero-order valence-corrected chi connectivity index (χ0v) is 13.3. The summed E-state index contributed by atoms with van der Waals surface area (Å²) >= 11 is 0. The number of benzene rings is 1. The Bertz CT molecular complexity index is 772. The summed E-state index contributed by atoms with van der Waals surface area (Å²) < 4.78 is 0. The number of nitrogen functional groups attached to an aromatic ring is 2. The zero-order valence-electron chi connectivity index (χ0n) is 13.3. The van der Waals surface area contributed by atoms with Crippen LogP contribution in [0.25, 0.3) is 11.1 Å². The van der Waals surface area contributed by atoms with Crippen LogP contribution in [0.3, 0.4) is 0 Å². The van der Waals surface area contributed by atoms with Gasteiger partial charge in [0.05, 0.1) is 4.92 Å². The lowest BCUT2D eigenvalue weighted by Crippen LogP contribution is -2.44. The number of nitrogens with two attached hydrogens (primary N) is 2. The molecular weight excluding hydrogens is 310 g/mol. The molecule has 24 heavy (non-hydrogen) atoms. The van der Waals surface area contributed by atoms with E-state index in [0.29, 0.717) is 11.1 Å². The van der Waals surface area contributed by atoms with E-state index in [0.717, 1.165) is 31.9 Å². The highest BCUT2D eigenvalue weighted by molar-refractivity contribution is 5.85. The van der Waals surface area contributed by atoms with E-state index < -0.39 is 4.92 Å². The van der Waals surface area contributed by atoms with Crippen LogP contribution in [0, 0.1) is 10.1 Å². The lowest BCUT2D eigenvalue weighted by Gasteiger charge is -2.35. The van der Waals surface area contributed by atoms with E-state index in [1.807, 2.05) is 0 Å². The molecule has 9 heteroatoms. The molecule has 126 valence electrons. The normalized spacial score (nSPS) is 15.5. The summed E-state index contributed by atoms with van der Waals surface area (Å²) in [5, 5.41) is 11.2. The highest BCUT2D eigenvalue weighted by atomic mass is 16.6. The molecule has 0 amide bonds. The van der Waals surface area contributed by atoms with Crippen molar-refractivity contribution in [3.05, 3.63) is 34.5 Å². The number of rotatable bonds is 3. The molecule has 1 fully saturated rings. The molecule has 0 radical (unpaired) electrons. The number of aromatic nitrogens is 2. The molecule has 1 aliphatic heterocycles. The van der Waals surface area contributed by atoms with Crippen LogP contribution in [0.5, 0.6) is 0 Å². The van der Waals surface area contributed by atoms with E-state index in [4.69, 9.17) is 11.5 Å². The fraction of sp³-hybridized carbons (Fsp3) is 0.333. The second-order valence-electron chi connectivity index (χ2n) is 5.78. The first-order valence-electron chi connectivity index (χ1n) is 7.56. The Balaban J connectivity index is 2.10. The van der Waals surface area contributed by atoms with Crippen LogP contribution in [0.1, 0.15) is 0 Å². The van der Waals surface area contributed by atoms with Crippen LogP contribution in [0.4, 0.5) is 23.1 Å². The monoisotopic (exact) mass is 329 g/mol. The van der Waals surface area contributed by atoms with E-state index in [9.17, 15) is 10.1 Å². The summed E-state index contributed by atoms with van der Waals surface area (Å²) in [5.41, 5.74) is 13.6. The molecule has 0 saturated carbocycles. The molecule has 1 aromatic heterocycles. The molecular formula is C15H19N7O2. The second kappa shape index (κ2) is 6.28. The molecule has 1 saturated heterocycles. The Kier molecular flexibility index (Phi) is 4.17. The molecule has 2 heterocycles. The van der Waals surface area contributed by atoms with Gasteiger partial charge in [-0.25, -0.2) is 4.98 Å². The smallest absolute Gasteiger partial charge is 0.270 e. The quantitative estimate of drug-likeness (QED) is 0.630. The first-order chi connectivity index (χ1) is 11.5. The van der Waals surface area contributed by atoms with E-state index in [1.54, 1.807) is 6.07 Å². The van der Waals surface area contributed by atoms with Crippen LogP contribution in [-0.4, -0.2) is 53.0 Å². The Hall–Kier alpha value is -2.94. The zero-order chi connectivity index (χ0) is 17.3. The third kappa shape index (κ3) is 3.06. The lowest BCUT2D eigenvalue weighted by molar-refractivity contribution is -0.384. The Labute approximate surface area is 139 Å². The summed E-state index contributed by atoms with van der Waals surface area (Å²) in [7, 11) is 2.07. The minimum absolute atomic E-state index is 0.000831. The average Bonchev–Trinajstić information content (AvgIpc) is 2.55. The van der Waals surface area contributed by atoms with Gasteiger partial charge in [0.25, 0.3) is 5.69 Å². The molecule has 4 N–H and O–H groups in total. The maximum absolute atomic E-state index is 11.2. The SMILES string of the molecule is CN1CCN(c2ccc([N+](=O)[O-])cc2-c2cnc(N)nc2N)CC1. The molecule has 0 unspecified atom stereocenters. The van der Waals surface area contributed by atoms with Crippen molar-refractivity contribution < 1.29 is 4.92 Å². The first-order valence-corrected chi connectivity index (χ1v) is 7.56. The first kappa shape index (κ1) is 15.9. The maximum Gasteiger partial charge on any atom is 0.270 e. The Morgan fingerprint density at radius 1 is 1.17 bits per heavy atom.